The molecular formula is C10H22NO+. The number of hydrogen-bond donors (Lipinski definition) is 0. The number of nitrogens with zero attached hydrogens (tertiary/aromatic N) is 1. The first-order valence-electron chi connectivity index (χ1n) is 4.89. The van der Waals surface area contributed by atoms with Gasteiger partial charge in [0.1, 0.15) is 6.54 Å². The summed E-state index contributed by atoms with van der Waals surface area (Å²) >= 11 is 0. The Balaban J connectivity index is 2.10. The van der Waals surface area contributed by atoms with Crippen LogP contribution in [0.2, 0.25) is 0 Å². The maximum Gasteiger partial charge on any atom is 0.102 e. The Kier molecular flexibility index (Phi) is 2.79. The van der Waals surface area contributed by atoms with Crippen molar-refractivity contribution < 1.29 is 9.22 Å². The second-order valence-corrected chi connectivity index (χ2v) is 5.10. The van der Waals surface area contributed by atoms with Gasteiger partial charge in [0.2, 0.25) is 0 Å². The van der Waals surface area contributed by atoms with Gasteiger partial charge in [0.25, 0.3) is 0 Å². The van der Waals surface area contributed by atoms with Crippen LogP contribution in [0.15, 0.2) is 0 Å². The minimum Gasteiger partial charge on any atom is -0.370 e. The lowest BCUT2D eigenvalue weighted by molar-refractivity contribution is -0.946. The minimum atomic E-state index is 0.0318. The molecule has 1 fully saturated rings. The average molecular weight is 172 g/mol. The van der Waals surface area contributed by atoms with Crippen LogP contribution in [0, 0.1) is 0 Å². The number of hydrogen-bond acceptors (Lipinski definition) is 1. The van der Waals surface area contributed by atoms with E-state index in [2.05, 4.69) is 27.8 Å². The van der Waals surface area contributed by atoms with Gasteiger partial charge in [-0.05, 0) is 20.8 Å². The van der Waals surface area contributed by atoms with Gasteiger partial charge in [0, 0.05) is 6.42 Å². The lowest BCUT2D eigenvalue weighted by Crippen LogP contribution is -2.56. The molecule has 1 heterocycles. The normalized spacial score (nSPS) is 22.0. The largest absolute Gasteiger partial charge is 0.370 e. The lowest BCUT2D eigenvalue weighted by Gasteiger charge is -2.42. The minimum absolute atomic E-state index is 0.0318. The summed E-state index contributed by atoms with van der Waals surface area (Å²) in [6, 6.07) is 0. The standard InChI is InChI=1S/C10H22NO/c1-10(2,3)12-9-8-11(4)6-5-7-11/h5-9H2,1-4H3/q+1. The molecule has 0 aromatic rings. The molecule has 0 unspecified atom stereocenters. The maximum atomic E-state index is 5.69. The van der Waals surface area contributed by atoms with Gasteiger partial charge in [-0.25, -0.2) is 0 Å². The van der Waals surface area contributed by atoms with Crippen molar-refractivity contribution in [3.05, 3.63) is 0 Å². The van der Waals surface area contributed by atoms with Crippen LogP contribution >= 0.6 is 0 Å². The zero-order valence-corrected chi connectivity index (χ0v) is 8.89. The fourth-order valence-corrected chi connectivity index (χ4v) is 1.49. The van der Waals surface area contributed by atoms with Crippen molar-refractivity contribution >= 4 is 0 Å². The van der Waals surface area contributed by atoms with Crippen LogP contribution in [0.25, 0.3) is 0 Å². The van der Waals surface area contributed by atoms with Crippen molar-refractivity contribution in [3.63, 3.8) is 0 Å². The Labute approximate surface area is 76.1 Å². The highest BCUT2D eigenvalue weighted by Crippen LogP contribution is 2.16. The SMILES string of the molecule is CC(C)(C)OCC[N+]1(C)CCC1. The zero-order valence-electron chi connectivity index (χ0n) is 8.89. The molecule has 1 aliphatic rings. The third-order valence-corrected chi connectivity index (χ3v) is 2.56. The van der Waals surface area contributed by atoms with Crippen molar-refractivity contribution in [1.82, 2.24) is 0 Å². The zero-order chi connectivity index (χ0) is 9.24. The number of likely N-dealkylation sites (tertiary alicyclic amines) is 1. The van der Waals surface area contributed by atoms with E-state index in [1.807, 2.05) is 0 Å². The number of likely N-dealkylation sites (N-methyl/N-ethyl adjacent to an activating group) is 1. The molecule has 1 aliphatic heterocycles. The van der Waals surface area contributed by atoms with Crippen molar-refractivity contribution in [2.75, 3.05) is 33.3 Å². The molecule has 0 radical (unpaired) electrons. The van der Waals surface area contributed by atoms with E-state index in [1.54, 1.807) is 0 Å². The Morgan fingerprint density at radius 3 is 2.17 bits per heavy atom. The number of rotatable bonds is 3. The fourth-order valence-electron chi connectivity index (χ4n) is 1.49. The maximum absolute atomic E-state index is 5.69. The molecule has 0 bridgehead atoms. The topological polar surface area (TPSA) is 9.23 Å². The van der Waals surface area contributed by atoms with Crippen molar-refractivity contribution in [1.29, 1.82) is 0 Å². The summed E-state index contributed by atoms with van der Waals surface area (Å²) in [5.74, 6) is 0. The van der Waals surface area contributed by atoms with Crippen LogP contribution < -0.4 is 0 Å². The van der Waals surface area contributed by atoms with Crippen LogP contribution in [0.1, 0.15) is 27.2 Å². The Morgan fingerprint density at radius 2 is 1.83 bits per heavy atom. The van der Waals surface area contributed by atoms with Crippen LogP contribution in [0.3, 0.4) is 0 Å². The van der Waals surface area contributed by atoms with Gasteiger partial charge in [-0.2, -0.15) is 0 Å². The Bertz CT molecular complexity index is 144. The number of ether oxygens (including phenoxy) is 1. The lowest BCUT2D eigenvalue weighted by atomic mass is 10.1. The van der Waals surface area contributed by atoms with E-state index in [0.717, 1.165) is 6.61 Å². The second kappa shape index (κ2) is 3.35. The highest BCUT2D eigenvalue weighted by atomic mass is 16.5. The predicted molar refractivity (Wildman–Crippen MR) is 51.1 cm³/mol. The van der Waals surface area contributed by atoms with Crippen LogP contribution in [0.4, 0.5) is 0 Å². The molecule has 0 aromatic carbocycles. The van der Waals surface area contributed by atoms with Gasteiger partial charge in [-0.1, -0.05) is 0 Å². The van der Waals surface area contributed by atoms with Gasteiger partial charge in [-0.3, -0.25) is 0 Å². The molecule has 0 atom stereocenters. The van der Waals surface area contributed by atoms with E-state index < -0.39 is 0 Å². The molecule has 0 spiro atoms. The van der Waals surface area contributed by atoms with Gasteiger partial charge >= 0.3 is 0 Å². The molecular weight excluding hydrogens is 150 g/mol. The molecule has 2 heteroatoms. The van der Waals surface area contributed by atoms with Crippen molar-refractivity contribution in [2.45, 2.75) is 32.8 Å². The van der Waals surface area contributed by atoms with E-state index in [9.17, 15) is 0 Å². The predicted octanol–water partition coefficient (Wildman–Crippen LogP) is 1.65. The molecule has 0 saturated carbocycles. The van der Waals surface area contributed by atoms with Gasteiger partial charge in [0.05, 0.1) is 32.3 Å². The molecule has 72 valence electrons. The fraction of sp³-hybridized carbons (Fsp3) is 1.00. The highest BCUT2D eigenvalue weighted by molar-refractivity contribution is 4.59. The molecule has 0 aromatic heterocycles. The van der Waals surface area contributed by atoms with Crippen LogP contribution in [-0.4, -0.2) is 43.4 Å². The molecule has 2 nitrogen and oxygen atoms in total. The van der Waals surface area contributed by atoms with Crippen molar-refractivity contribution in [2.24, 2.45) is 0 Å². The van der Waals surface area contributed by atoms with E-state index >= 15 is 0 Å². The average Bonchev–Trinajstić information content (AvgIpc) is 1.81. The quantitative estimate of drug-likeness (QED) is 0.588. The van der Waals surface area contributed by atoms with E-state index in [-0.39, 0.29) is 5.60 Å². The first-order chi connectivity index (χ1) is 5.41. The summed E-state index contributed by atoms with van der Waals surface area (Å²) in [5, 5.41) is 0. The van der Waals surface area contributed by atoms with Gasteiger partial charge in [-0.15, -0.1) is 0 Å². The molecule has 0 aliphatic carbocycles. The molecule has 1 saturated heterocycles. The summed E-state index contributed by atoms with van der Waals surface area (Å²) in [5.41, 5.74) is 0.0318. The van der Waals surface area contributed by atoms with Crippen molar-refractivity contribution in [3.8, 4) is 0 Å². The van der Waals surface area contributed by atoms with Gasteiger partial charge < -0.3 is 9.22 Å². The third kappa shape index (κ3) is 3.11. The van der Waals surface area contributed by atoms with E-state index in [0.29, 0.717) is 0 Å². The van der Waals surface area contributed by atoms with E-state index in [1.165, 1.54) is 30.5 Å². The van der Waals surface area contributed by atoms with Crippen LogP contribution in [-0.2, 0) is 4.74 Å². The molecule has 1 rings (SSSR count). The second-order valence-electron chi connectivity index (χ2n) is 5.10. The van der Waals surface area contributed by atoms with E-state index in [4.69, 9.17) is 4.74 Å². The molecule has 12 heavy (non-hydrogen) atoms. The summed E-state index contributed by atoms with van der Waals surface area (Å²) < 4.78 is 6.90. The summed E-state index contributed by atoms with van der Waals surface area (Å²) in [6.45, 7) is 11.1. The third-order valence-electron chi connectivity index (χ3n) is 2.56. The summed E-state index contributed by atoms with van der Waals surface area (Å²) in [4.78, 5) is 0. The molecule has 0 N–H and O–H groups in total. The van der Waals surface area contributed by atoms with Gasteiger partial charge in [0.15, 0.2) is 0 Å². The molecule has 0 amide bonds. The van der Waals surface area contributed by atoms with Crippen LogP contribution in [0.5, 0.6) is 0 Å². The smallest absolute Gasteiger partial charge is 0.102 e. The Hall–Kier alpha value is -0.0800. The first-order valence-corrected chi connectivity index (χ1v) is 4.89. The Morgan fingerprint density at radius 1 is 1.25 bits per heavy atom. The first kappa shape index (κ1) is 10.0. The highest BCUT2D eigenvalue weighted by Gasteiger charge is 2.30. The summed E-state index contributed by atoms with van der Waals surface area (Å²) in [6.07, 6.45) is 1.39. The summed E-state index contributed by atoms with van der Waals surface area (Å²) in [7, 11) is 2.32. The number of quaternary nitrogens is 1. The monoisotopic (exact) mass is 172 g/mol.